The van der Waals surface area contributed by atoms with Crippen LogP contribution in [0.2, 0.25) is 0 Å². The fourth-order valence-corrected chi connectivity index (χ4v) is 3.43. The highest BCUT2D eigenvalue weighted by Gasteiger charge is 2.05. The number of nitriles is 1. The molecular formula is C28H29N3O3. The van der Waals surface area contributed by atoms with E-state index in [0.717, 1.165) is 41.6 Å². The molecule has 2 N–H and O–H groups in total. The van der Waals surface area contributed by atoms with Crippen LogP contribution in [0.25, 0.3) is 11.1 Å². The lowest BCUT2D eigenvalue weighted by Gasteiger charge is -2.08. The van der Waals surface area contributed by atoms with Crippen LogP contribution in [0.1, 0.15) is 36.8 Å². The normalized spacial score (nSPS) is 10.3. The van der Waals surface area contributed by atoms with E-state index < -0.39 is 0 Å². The predicted octanol–water partition coefficient (Wildman–Crippen LogP) is 5.06. The maximum Gasteiger partial charge on any atom is 0.246 e. The van der Waals surface area contributed by atoms with Gasteiger partial charge in [-0.25, -0.2) is 0 Å². The molecule has 0 aliphatic heterocycles. The largest absolute Gasteiger partial charge is 0.367 e. The van der Waals surface area contributed by atoms with Gasteiger partial charge in [-0.15, -0.1) is 0 Å². The molecule has 0 saturated heterocycles. The average Bonchev–Trinajstić information content (AvgIpc) is 2.87. The molecule has 0 heterocycles. The summed E-state index contributed by atoms with van der Waals surface area (Å²) < 4.78 is 5.41. The van der Waals surface area contributed by atoms with Crippen molar-refractivity contribution in [2.75, 3.05) is 18.5 Å². The topological polar surface area (TPSA) is 91.2 Å². The van der Waals surface area contributed by atoms with E-state index in [9.17, 15) is 9.59 Å². The summed E-state index contributed by atoms with van der Waals surface area (Å²) in [5.41, 5.74) is 4.48. The lowest BCUT2D eigenvalue weighted by atomic mass is 10.1. The molecule has 0 fully saturated rings. The molecule has 0 unspecified atom stereocenters. The molecule has 0 aliphatic carbocycles. The van der Waals surface area contributed by atoms with E-state index in [1.807, 2.05) is 66.7 Å². The van der Waals surface area contributed by atoms with Crippen molar-refractivity contribution in [1.29, 1.82) is 5.26 Å². The van der Waals surface area contributed by atoms with Crippen LogP contribution < -0.4 is 10.6 Å². The van der Waals surface area contributed by atoms with Gasteiger partial charge in [-0.3, -0.25) is 9.59 Å². The summed E-state index contributed by atoms with van der Waals surface area (Å²) >= 11 is 0. The number of carbonyl (C=O) groups excluding carboxylic acids is 2. The molecule has 0 aliphatic rings. The van der Waals surface area contributed by atoms with E-state index in [4.69, 9.17) is 10.00 Å². The van der Waals surface area contributed by atoms with Gasteiger partial charge in [0.2, 0.25) is 11.8 Å². The first-order valence-corrected chi connectivity index (χ1v) is 11.4. The van der Waals surface area contributed by atoms with Crippen molar-refractivity contribution in [3.63, 3.8) is 0 Å². The molecule has 3 aromatic carbocycles. The van der Waals surface area contributed by atoms with Crippen LogP contribution >= 0.6 is 0 Å². The van der Waals surface area contributed by atoms with E-state index in [1.54, 1.807) is 12.1 Å². The quantitative estimate of drug-likeness (QED) is 0.374. The van der Waals surface area contributed by atoms with Crippen LogP contribution in [0.4, 0.5) is 5.69 Å². The maximum absolute atomic E-state index is 12.3. The third-order valence-electron chi connectivity index (χ3n) is 5.24. The number of hydrogen-bond acceptors (Lipinski definition) is 4. The lowest BCUT2D eigenvalue weighted by Crippen LogP contribution is -2.28. The lowest BCUT2D eigenvalue weighted by molar-refractivity contribution is -0.126. The number of benzene rings is 3. The van der Waals surface area contributed by atoms with E-state index in [-0.39, 0.29) is 18.4 Å². The summed E-state index contributed by atoms with van der Waals surface area (Å²) in [6.07, 6.45) is 2.86. The summed E-state index contributed by atoms with van der Waals surface area (Å²) in [5.74, 6) is -0.171. The molecule has 0 atom stereocenters. The second-order valence-corrected chi connectivity index (χ2v) is 7.96. The Bertz CT molecular complexity index is 1110. The molecule has 174 valence electrons. The molecule has 0 spiro atoms. The zero-order valence-electron chi connectivity index (χ0n) is 19.1. The smallest absolute Gasteiger partial charge is 0.246 e. The third-order valence-corrected chi connectivity index (χ3v) is 5.24. The number of hydrogen-bond donors (Lipinski definition) is 2. The van der Waals surface area contributed by atoms with Gasteiger partial charge < -0.3 is 15.4 Å². The molecular weight excluding hydrogens is 426 g/mol. The summed E-state index contributed by atoms with van der Waals surface area (Å²) in [5, 5.41) is 14.6. The van der Waals surface area contributed by atoms with Crippen LogP contribution in [-0.2, 0) is 20.9 Å². The van der Waals surface area contributed by atoms with E-state index in [0.29, 0.717) is 25.1 Å². The van der Waals surface area contributed by atoms with Crippen LogP contribution in [0.3, 0.4) is 0 Å². The van der Waals surface area contributed by atoms with Crippen molar-refractivity contribution in [3.05, 3.63) is 90.0 Å². The molecule has 6 nitrogen and oxygen atoms in total. The Balaban J connectivity index is 1.25. The van der Waals surface area contributed by atoms with Gasteiger partial charge in [0.1, 0.15) is 6.61 Å². The summed E-state index contributed by atoms with van der Waals surface area (Å²) in [4.78, 5) is 24.1. The first-order valence-electron chi connectivity index (χ1n) is 11.4. The van der Waals surface area contributed by atoms with Crippen molar-refractivity contribution in [1.82, 2.24) is 5.32 Å². The van der Waals surface area contributed by atoms with Crippen LogP contribution in [0, 0.1) is 11.3 Å². The Morgan fingerprint density at radius 1 is 0.824 bits per heavy atom. The highest BCUT2D eigenvalue weighted by atomic mass is 16.5. The molecule has 0 radical (unpaired) electrons. The number of nitrogens with one attached hydrogen (secondary N) is 2. The first kappa shape index (κ1) is 24.7. The number of unbranched alkanes of at least 4 members (excludes halogenated alkanes) is 2. The molecule has 2 amide bonds. The van der Waals surface area contributed by atoms with Crippen molar-refractivity contribution in [2.45, 2.75) is 32.3 Å². The first-order chi connectivity index (χ1) is 16.6. The van der Waals surface area contributed by atoms with Crippen molar-refractivity contribution in [2.24, 2.45) is 0 Å². The molecule has 3 rings (SSSR count). The van der Waals surface area contributed by atoms with E-state index >= 15 is 0 Å². The minimum Gasteiger partial charge on any atom is -0.367 e. The zero-order chi connectivity index (χ0) is 24.0. The Morgan fingerprint density at radius 2 is 1.59 bits per heavy atom. The average molecular weight is 456 g/mol. The SMILES string of the molecule is N#Cc1ccc(COCC(=O)NCCCCCC(=O)Nc2cccc(-c3ccccc3)c2)cc1. The highest BCUT2D eigenvalue weighted by Crippen LogP contribution is 2.22. The fourth-order valence-electron chi connectivity index (χ4n) is 3.43. The fraction of sp³-hybridized carbons (Fsp3) is 0.250. The summed E-state index contributed by atoms with van der Waals surface area (Å²) in [7, 11) is 0. The van der Waals surface area contributed by atoms with Crippen LogP contribution in [0.15, 0.2) is 78.9 Å². The van der Waals surface area contributed by atoms with Crippen LogP contribution in [0.5, 0.6) is 0 Å². The number of nitrogens with zero attached hydrogens (tertiary/aromatic N) is 1. The molecule has 0 saturated carbocycles. The number of ether oxygens (including phenoxy) is 1. The van der Waals surface area contributed by atoms with Crippen LogP contribution in [-0.4, -0.2) is 25.0 Å². The summed E-state index contributed by atoms with van der Waals surface area (Å²) in [6, 6.07) is 27.0. The Labute approximate surface area is 200 Å². The number of carbonyl (C=O) groups is 2. The molecule has 0 bridgehead atoms. The molecule has 0 aromatic heterocycles. The predicted molar refractivity (Wildman–Crippen MR) is 133 cm³/mol. The van der Waals surface area contributed by atoms with Gasteiger partial charge in [0.15, 0.2) is 0 Å². The Hall–Kier alpha value is -3.95. The van der Waals surface area contributed by atoms with Gasteiger partial charge in [0.25, 0.3) is 0 Å². The second-order valence-electron chi connectivity index (χ2n) is 7.96. The summed E-state index contributed by atoms with van der Waals surface area (Å²) in [6.45, 7) is 0.868. The minimum absolute atomic E-state index is 0.00884. The number of amides is 2. The molecule has 3 aromatic rings. The Kier molecular flexibility index (Phi) is 9.85. The molecule has 6 heteroatoms. The van der Waals surface area contributed by atoms with E-state index in [2.05, 4.69) is 16.7 Å². The van der Waals surface area contributed by atoms with Gasteiger partial charge in [0, 0.05) is 18.7 Å². The number of anilines is 1. The van der Waals surface area contributed by atoms with Gasteiger partial charge in [-0.05, 0) is 53.8 Å². The highest BCUT2D eigenvalue weighted by molar-refractivity contribution is 5.91. The van der Waals surface area contributed by atoms with Gasteiger partial charge in [0.05, 0.1) is 18.2 Å². The van der Waals surface area contributed by atoms with Gasteiger partial charge >= 0.3 is 0 Å². The standard InChI is InChI=1S/C28H29N3O3/c29-19-22-13-15-23(16-14-22)20-34-21-28(33)30-17-6-2-5-12-27(32)31-26-11-7-10-25(18-26)24-8-3-1-4-9-24/h1,3-4,7-11,13-16,18H,2,5-6,12,17,20-21H2,(H,30,33)(H,31,32). The zero-order valence-corrected chi connectivity index (χ0v) is 19.1. The minimum atomic E-state index is -0.162. The third kappa shape index (κ3) is 8.53. The second kappa shape index (κ2) is 13.6. The monoisotopic (exact) mass is 455 g/mol. The maximum atomic E-state index is 12.3. The van der Waals surface area contributed by atoms with Gasteiger partial charge in [-0.2, -0.15) is 5.26 Å². The van der Waals surface area contributed by atoms with Gasteiger partial charge in [-0.1, -0.05) is 61.0 Å². The van der Waals surface area contributed by atoms with Crippen molar-refractivity contribution < 1.29 is 14.3 Å². The number of rotatable bonds is 12. The van der Waals surface area contributed by atoms with Crippen molar-refractivity contribution in [3.8, 4) is 17.2 Å². The molecule has 34 heavy (non-hydrogen) atoms. The van der Waals surface area contributed by atoms with Crippen molar-refractivity contribution >= 4 is 17.5 Å². The Morgan fingerprint density at radius 3 is 2.35 bits per heavy atom. The van der Waals surface area contributed by atoms with E-state index in [1.165, 1.54) is 0 Å².